The van der Waals surface area contributed by atoms with Gasteiger partial charge in [0.05, 0.1) is 13.4 Å². The number of aryl methyl sites for hydroxylation is 2. The molecule has 2 aliphatic rings. The van der Waals surface area contributed by atoms with E-state index in [1.165, 1.54) is 23.8 Å². The quantitative estimate of drug-likeness (QED) is 0.694. The maximum absolute atomic E-state index is 11.6. The van der Waals surface area contributed by atoms with E-state index in [2.05, 4.69) is 36.9 Å². The lowest BCUT2D eigenvalue weighted by Gasteiger charge is -2.46. The molecule has 2 aromatic rings. The first kappa shape index (κ1) is 23.9. The zero-order valence-corrected chi connectivity index (χ0v) is 20.1. The van der Waals surface area contributed by atoms with Crippen molar-refractivity contribution in [2.75, 3.05) is 26.5 Å². The van der Waals surface area contributed by atoms with Crippen LogP contribution < -0.4 is 14.7 Å². The first-order valence-electron chi connectivity index (χ1n) is 10.3. The highest BCUT2D eigenvalue weighted by Gasteiger charge is 2.39. The van der Waals surface area contributed by atoms with E-state index in [1.54, 1.807) is 0 Å². The van der Waals surface area contributed by atoms with Crippen LogP contribution in [0.15, 0.2) is 30.3 Å². The van der Waals surface area contributed by atoms with E-state index < -0.39 is 10.1 Å². The maximum atomic E-state index is 11.6. The van der Waals surface area contributed by atoms with E-state index in [9.17, 15) is 8.42 Å². The second-order valence-corrected chi connectivity index (χ2v) is 10.2. The fraction of sp³-hybridized carbons (Fsp3) is 0.478. The normalized spacial score (nSPS) is 23.3. The zero-order valence-electron chi connectivity index (χ0n) is 18.4. The van der Waals surface area contributed by atoms with Gasteiger partial charge in [-0.1, -0.05) is 23.8 Å². The second-order valence-electron chi connectivity index (χ2n) is 8.62. The average Bonchev–Trinajstić information content (AvgIpc) is 2.67. The standard InChI is InChI=1S/C23H30N2O4S.ClH/c1-14-5-6-15(2)17(9-14)19-13-25-8-7-16-10-23(29-30(4,26)27)22(28-3)11-18(16)21(25)12-20(19)24;/h5-6,9-11,19-21H,7-8,12-13,24H2,1-4H3;1H. The second kappa shape index (κ2) is 8.98. The smallest absolute Gasteiger partial charge is 0.306 e. The Balaban J connectivity index is 0.00000272. The van der Waals surface area contributed by atoms with Crippen LogP contribution in [0.5, 0.6) is 11.5 Å². The fourth-order valence-electron chi connectivity index (χ4n) is 4.94. The molecule has 0 saturated carbocycles. The Kier molecular flexibility index (Phi) is 6.91. The summed E-state index contributed by atoms with van der Waals surface area (Å²) >= 11 is 0. The summed E-state index contributed by atoms with van der Waals surface area (Å²) in [6.45, 7) is 6.11. The predicted molar refractivity (Wildman–Crippen MR) is 125 cm³/mol. The van der Waals surface area contributed by atoms with Crippen molar-refractivity contribution >= 4 is 22.5 Å². The monoisotopic (exact) mass is 466 g/mol. The molecule has 2 aliphatic heterocycles. The number of halogens is 1. The number of rotatable bonds is 4. The third kappa shape index (κ3) is 4.85. The summed E-state index contributed by atoms with van der Waals surface area (Å²) in [5.41, 5.74) is 12.9. The van der Waals surface area contributed by atoms with Crippen molar-refractivity contribution < 1.29 is 17.3 Å². The number of ether oxygens (including phenoxy) is 1. The van der Waals surface area contributed by atoms with Crippen LogP contribution in [0.4, 0.5) is 0 Å². The summed E-state index contributed by atoms with van der Waals surface area (Å²) in [5.74, 6) is 0.990. The van der Waals surface area contributed by atoms with Gasteiger partial charge in [-0.3, -0.25) is 4.90 Å². The Morgan fingerprint density at radius 3 is 2.52 bits per heavy atom. The number of nitrogens with two attached hydrogens (primary N) is 1. The van der Waals surface area contributed by atoms with Gasteiger partial charge < -0.3 is 14.7 Å². The molecule has 170 valence electrons. The van der Waals surface area contributed by atoms with Crippen LogP contribution in [0.3, 0.4) is 0 Å². The van der Waals surface area contributed by atoms with Gasteiger partial charge in [0.25, 0.3) is 0 Å². The minimum atomic E-state index is -3.62. The van der Waals surface area contributed by atoms with Gasteiger partial charge in [-0.15, -0.1) is 12.4 Å². The summed E-state index contributed by atoms with van der Waals surface area (Å²) in [6, 6.07) is 10.6. The van der Waals surface area contributed by atoms with Crippen LogP contribution in [0.2, 0.25) is 0 Å². The Morgan fingerprint density at radius 1 is 1.10 bits per heavy atom. The van der Waals surface area contributed by atoms with Crippen LogP contribution in [-0.4, -0.2) is 45.8 Å². The van der Waals surface area contributed by atoms with Crippen LogP contribution in [-0.2, 0) is 16.5 Å². The number of fused-ring (bicyclic) bond motifs is 3. The summed E-state index contributed by atoms with van der Waals surface area (Å²) in [6.07, 6.45) is 2.73. The van der Waals surface area contributed by atoms with Crippen molar-refractivity contribution in [1.29, 1.82) is 0 Å². The predicted octanol–water partition coefficient (Wildman–Crippen LogP) is 3.49. The lowest BCUT2D eigenvalue weighted by molar-refractivity contribution is 0.109. The van der Waals surface area contributed by atoms with Crippen molar-refractivity contribution in [1.82, 2.24) is 4.90 Å². The van der Waals surface area contributed by atoms with Crippen LogP contribution in [0.25, 0.3) is 0 Å². The number of hydrogen-bond donors (Lipinski definition) is 1. The molecular formula is C23H31ClN2O4S. The van der Waals surface area contributed by atoms with Crippen molar-refractivity contribution in [3.05, 3.63) is 58.1 Å². The van der Waals surface area contributed by atoms with Crippen molar-refractivity contribution in [3.63, 3.8) is 0 Å². The molecule has 2 N–H and O–H groups in total. The highest BCUT2D eigenvalue weighted by molar-refractivity contribution is 7.86. The molecule has 1 saturated heterocycles. The molecule has 0 aromatic heterocycles. The lowest BCUT2D eigenvalue weighted by Crippen LogP contribution is -2.49. The largest absolute Gasteiger partial charge is 0.493 e. The van der Waals surface area contributed by atoms with Gasteiger partial charge in [0.2, 0.25) is 0 Å². The van der Waals surface area contributed by atoms with Gasteiger partial charge in [0, 0.05) is 31.1 Å². The molecule has 2 aromatic carbocycles. The fourth-order valence-corrected chi connectivity index (χ4v) is 5.40. The number of benzene rings is 2. The molecular weight excluding hydrogens is 436 g/mol. The Labute approximate surface area is 191 Å². The Morgan fingerprint density at radius 2 is 1.84 bits per heavy atom. The zero-order chi connectivity index (χ0) is 21.6. The molecule has 4 rings (SSSR count). The SMILES string of the molecule is COc1cc2c(cc1OS(C)(=O)=O)CCN1CC(c3cc(C)ccc3C)C(N)CC21.Cl. The number of hydrogen-bond acceptors (Lipinski definition) is 6. The molecule has 6 nitrogen and oxygen atoms in total. The molecule has 0 amide bonds. The molecule has 0 spiro atoms. The lowest BCUT2D eigenvalue weighted by atomic mass is 9.77. The van der Waals surface area contributed by atoms with E-state index in [-0.39, 0.29) is 30.2 Å². The third-order valence-electron chi connectivity index (χ3n) is 6.41. The van der Waals surface area contributed by atoms with E-state index in [0.29, 0.717) is 11.7 Å². The minimum Gasteiger partial charge on any atom is -0.493 e. The Hall–Kier alpha value is -1.80. The van der Waals surface area contributed by atoms with E-state index in [4.69, 9.17) is 14.7 Å². The summed E-state index contributed by atoms with van der Waals surface area (Å²) in [7, 11) is -2.10. The van der Waals surface area contributed by atoms with Crippen molar-refractivity contribution in [2.45, 2.75) is 44.7 Å². The van der Waals surface area contributed by atoms with Crippen LogP contribution in [0, 0.1) is 13.8 Å². The maximum Gasteiger partial charge on any atom is 0.306 e. The topological polar surface area (TPSA) is 81.9 Å². The van der Waals surface area contributed by atoms with Crippen molar-refractivity contribution in [3.8, 4) is 11.5 Å². The van der Waals surface area contributed by atoms with Gasteiger partial charge >= 0.3 is 10.1 Å². The molecule has 2 heterocycles. The molecule has 0 bridgehead atoms. The van der Waals surface area contributed by atoms with Gasteiger partial charge in [-0.25, -0.2) is 0 Å². The Bertz CT molecular complexity index is 1070. The van der Waals surface area contributed by atoms with Crippen LogP contribution >= 0.6 is 12.4 Å². The van der Waals surface area contributed by atoms with Gasteiger partial charge in [0.15, 0.2) is 11.5 Å². The highest BCUT2D eigenvalue weighted by Crippen LogP contribution is 2.44. The molecule has 3 unspecified atom stereocenters. The minimum absolute atomic E-state index is 0. The van der Waals surface area contributed by atoms with Crippen molar-refractivity contribution in [2.24, 2.45) is 5.73 Å². The van der Waals surface area contributed by atoms with E-state index in [1.807, 2.05) is 12.1 Å². The van der Waals surface area contributed by atoms with Gasteiger partial charge in [-0.2, -0.15) is 8.42 Å². The van der Waals surface area contributed by atoms with E-state index >= 15 is 0 Å². The third-order valence-corrected chi connectivity index (χ3v) is 6.89. The molecule has 3 atom stereocenters. The first-order valence-corrected chi connectivity index (χ1v) is 12.1. The summed E-state index contributed by atoms with van der Waals surface area (Å²) in [5, 5.41) is 0. The summed E-state index contributed by atoms with van der Waals surface area (Å²) in [4.78, 5) is 2.51. The number of methoxy groups -OCH3 is 1. The summed E-state index contributed by atoms with van der Waals surface area (Å²) < 4.78 is 33.9. The van der Waals surface area contributed by atoms with Gasteiger partial charge in [0.1, 0.15) is 0 Å². The number of nitrogens with zero attached hydrogens (tertiary/aromatic N) is 1. The average molecular weight is 467 g/mol. The first-order chi connectivity index (χ1) is 14.2. The highest BCUT2D eigenvalue weighted by atomic mass is 35.5. The molecule has 0 radical (unpaired) electrons. The van der Waals surface area contributed by atoms with Gasteiger partial charge in [-0.05, 0) is 61.1 Å². The molecule has 0 aliphatic carbocycles. The molecule has 1 fully saturated rings. The van der Waals surface area contributed by atoms with E-state index in [0.717, 1.165) is 43.3 Å². The van der Waals surface area contributed by atoms with Crippen LogP contribution in [0.1, 0.15) is 46.2 Å². The number of piperidine rings is 1. The molecule has 31 heavy (non-hydrogen) atoms. The molecule has 8 heteroatoms.